The van der Waals surface area contributed by atoms with Crippen molar-refractivity contribution < 1.29 is 9.53 Å². The van der Waals surface area contributed by atoms with Crippen LogP contribution in [0.4, 0.5) is 0 Å². The molecule has 1 N–H and O–H groups in total. The number of aromatic nitrogens is 1. The van der Waals surface area contributed by atoms with Crippen LogP contribution in [0, 0.1) is 0 Å². The van der Waals surface area contributed by atoms with Crippen molar-refractivity contribution in [1.82, 2.24) is 9.99 Å². The van der Waals surface area contributed by atoms with Crippen LogP contribution in [0.5, 0.6) is 5.75 Å². The number of nitrogens with one attached hydrogen (secondary N) is 1. The number of nitrogens with zero attached hydrogens (tertiary/aromatic N) is 2. The van der Waals surface area contributed by atoms with E-state index in [1.165, 1.54) is 0 Å². The normalized spacial score (nSPS) is 10.9. The van der Waals surface area contributed by atoms with Crippen LogP contribution < -0.4 is 10.2 Å². The average molecular weight is 509 g/mol. The Bertz CT molecular complexity index is 1240. The van der Waals surface area contributed by atoms with Gasteiger partial charge >= 0.3 is 0 Å². The third-order valence-corrected chi connectivity index (χ3v) is 5.43. The van der Waals surface area contributed by atoms with Gasteiger partial charge in [0.05, 0.1) is 17.5 Å². The van der Waals surface area contributed by atoms with Crippen molar-refractivity contribution in [3.63, 3.8) is 0 Å². The molecule has 4 aromatic rings. The fourth-order valence-corrected chi connectivity index (χ4v) is 3.60. The monoisotopic (exact) mass is 507 g/mol. The van der Waals surface area contributed by atoms with Gasteiger partial charge in [-0.25, -0.2) is 5.43 Å². The molecule has 1 heterocycles. The van der Waals surface area contributed by atoms with Crippen molar-refractivity contribution in [2.75, 3.05) is 0 Å². The number of amides is 1. The van der Waals surface area contributed by atoms with E-state index in [1.54, 1.807) is 12.3 Å². The first-order chi connectivity index (χ1) is 15.6. The van der Waals surface area contributed by atoms with Crippen LogP contribution in [0.1, 0.15) is 21.5 Å². The molecule has 5 nitrogen and oxygen atoms in total. The summed E-state index contributed by atoms with van der Waals surface area (Å²) in [6.07, 6.45) is 5.35. The van der Waals surface area contributed by atoms with Crippen molar-refractivity contribution in [2.24, 2.45) is 5.10 Å². The highest BCUT2D eigenvalue weighted by Crippen LogP contribution is 2.23. The Hall–Kier alpha value is -3.35. The van der Waals surface area contributed by atoms with Crippen LogP contribution >= 0.6 is 27.5 Å². The van der Waals surface area contributed by atoms with Gasteiger partial charge < -0.3 is 9.30 Å². The third kappa shape index (κ3) is 5.46. The number of benzene rings is 3. The van der Waals surface area contributed by atoms with Gasteiger partial charge in [0.25, 0.3) is 5.91 Å². The molecule has 1 aromatic heterocycles. The molecule has 3 aromatic carbocycles. The zero-order valence-electron chi connectivity index (χ0n) is 16.9. The minimum atomic E-state index is -0.302. The largest absolute Gasteiger partial charge is 0.488 e. The number of para-hydroxylation sites is 1. The molecule has 160 valence electrons. The van der Waals surface area contributed by atoms with E-state index >= 15 is 0 Å². The van der Waals surface area contributed by atoms with Crippen molar-refractivity contribution >= 4 is 39.7 Å². The molecule has 32 heavy (non-hydrogen) atoms. The Morgan fingerprint density at radius 3 is 2.56 bits per heavy atom. The van der Waals surface area contributed by atoms with Crippen LogP contribution in [0.3, 0.4) is 0 Å². The van der Waals surface area contributed by atoms with Crippen LogP contribution in [-0.2, 0) is 6.61 Å². The Kier molecular flexibility index (Phi) is 7.04. The summed E-state index contributed by atoms with van der Waals surface area (Å²) in [5.41, 5.74) is 5.63. The zero-order valence-corrected chi connectivity index (χ0v) is 19.3. The fourth-order valence-electron chi connectivity index (χ4n) is 3.10. The molecule has 0 aliphatic carbocycles. The predicted octanol–water partition coefficient (Wildman–Crippen LogP) is 6.24. The summed E-state index contributed by atoms with van der Waals surface area (Å²) in [6, 6.07) is 24.3. The Morgan fingerprint density at radius 2 is 1.78 bits per heavy atom. The highest BCUT2D eigenvalue weighted by atomic mass is 79.9. The topological polar surface area (TPSA) is 55.6 Å². The van der Waals surface area contributed by atoms with Gasteiger partial charge in [0.15, 0.2) is 0 Å². The molecule has 0 aliphatic rings. The smallest absolute Gasteiger partial charge is 0.273 e. The lowest BCUT2D eigenvalue weighted by Gasteiger charge is -2.10. The second kappa shape index (κ2) is 10.3. The average Bonchev–Trinajstić information content (AvgIpc) is 3.34. The maximum atomic E-state index is 12.8. The maximum Gasteiger partial charge on any atom is 0.273 e. The molecule has 0 saturated heterocycles. The lowest BCUT2D eigenvalue weighted by Crippen LogP contribution is -2.19. The molecule has 4 rings (SSSR count). The van der Waals surface area contributed by atoms with E-state index in [4.69, 9.17) is 16.3 Å². The van der Waals surface area contributed by atoms with Crippen molar-refractivity contribution in [3.8, 4) is 11.4 Å². The SMILES string of the molecule is O=C(N/N=C\c1cc(Br)ccc1OCc1ccc(Cl)cc1)c1ccccc1-n1cccc1. The quantitative estimate of drug-likeness (QED) is 0.237. The van der Waals surface area contributed by atoms with Gasteiger partial charge in [-0.05, 0) is 60.2 Å². The van der Waals surface area contributed by atoms with E-state index in [-0.39, 0.29) is 5.91 Å². The number of halogens is 2. The summed E-state index contributed by atoms with van der Waals surface area (Å²) < 4.78 is 8.72. The molecule has 0 aliphatic heterocycles. The first-order valence-corrected chi connectivity index (χ1v) is 11.0. The van der Waals surface area contributed by atoms with Gasteiger partial charge in [-0.1, -0.05) is 51.8 Å². The number of hydrogen-bond acceptors (Lipinski definition) is 3. The van der Waals surface area contributed by atoms with E-state index < -0.39 is 0 Å². The Balaban J connectivity index is 1.47. The van der Waals surface area contributed by atoms with Gasteiger partial charge in [-0.3, -0.25) is 4.79 Å². The van der Waals surface area contributed by atoms with Gasteiger partial charge in [0, 0.05) is 27.5 Å². The van der Waals surface area contributed by atoms with Crippen molar-refractivity contribution in [1.29, 1.82) is 0 Å². The summed E-state index contributed by atoms with van der Waals surface area (Å²) in [5.74, 6) is 0.345. The first kappa shape index (κ1) is 21.9. The molecule has 0 bridgehead atoms. The minimum Gasteiger partial charge on any atom is -0.488 e. The summed E-state index contributed by atoms with van der Waals surface area (Å²) in [7, 11) is 0. The van der Waals surface area contributed by atoms with Gasteiger partial charge in [-0.2, -0.15) is 5.10 Å². The lowest BCUT2D eigenvalue weighted by molar-refractivity contribution is 0.0955. The molecule has 0 unspecified atom stereocenters. The van der Waals surface area contributed by atoms with E-state index in [0.717, 1.165) is 21.3 Å². The summed E-state index contributed by atoms with van der Waals surface area (Å²) in [5, 5.41) is 4.84. The van der Waals surface area contributed by atoms with Crippen LogP contribution in [-0.4, -0.2) is 16.7 Å². The number of rotatable bonds is 7. The molecule has 0 fully saturated rings. The molecule has 0 atom stereocenters. The molecule has 0 saturated carbocycles. The van der Waals surface area contributed by atoms with Crippen molar-refractivity contribution in [3.05, 3.63) is 117 Å². The maximum absolute atomic E-state index is 12.8. The van der Waals surface area contributed by atoms with E-state index in [0.29, 0.717) is 22.9 Å². The number of hydrogen-bond donors (Lipinski definition) is 1. The van der Waals surface area contributed by atoms with Crippen LogP contribution in [0.15, 0.2) is 101 Å². The number of ether oxygens (including phenoxy) is 1. The van der Waals surface area contributed by atoms with Crippen LogP contribution in [0.2, 0.25) is 5.02 Å². The molecule has 0 radical (unpaired) electrons. The second-order valence-corrected chi connectivity index (χ2v) is 8.26. The number of carbonyl (C=O) groups is 1. The number of carbonyl (C=O) groups excluding carboxylic acids is 1. The standard InChI is InChI=1S/C25H19BrClN3O2/c26-20-9-12-24(32-17-18-7-10-21(27)11-8-18)19(15-20)16-28-29-25(31)22-5-1-2-6-23(22)30-13-3-4-14-30/h1-16H,17H2,(H,29,31)/b28-16-. The molecule has 7 heteroatoms. The minimum absolute atomic E-state index is 0.302. The van der Waals surface area contributed by atoms with E-state index in [2.05, 4.69) is 26.5 Å². The third-order valence-electron chi connectivity index (χ3n) is 4.68. The lowest BCUT2D eigenvalue weighted by atomic mass is 10.1. The molecule has 0 spiro atoms. The summed E-state index contributed by atoms with van der Waals surface area (Å²) >= 11 is 9.41. The highest BCUT2D eigenvalue weighted by molar-refractivity contribution is 9.10. The highest BCUT2D eigenvalue weighted by Gasteiger charge is 2.11. The molecular formula is C25H19BrClN3O2. The van der Waals surface area contributed by atoms with E-state index in [1.807, 2.05) is 89.8 Å². The number of hydrazone groups is 1. The molecular weight excluding hydrogens is 490 g/mol. The van der Waals surface area contributed by atoms with Crippen molar-refractivity contribution in [2.45, 2.75) is 6.61 Å². The summed E-state index contributed by atoms with van der Waals surface area (Å²) in [4.78, 5) is 12.8. The Morgan fingerprint density at radius 1 is 1.03 bits per heavy atom. The van der Waals surface area contributed by atoms with Crippen LogP contribution in [0.25, 0.3) is 5.69 Å². The zero-order chi connectivity index (χ0) is 22.3. The summed E-state index contributed by atoms with van der Waals surface area (Å²) in [6.45, 7) is 0.385. The second-order valence-electron chi connectivity index (χ2n) is 6.90. The fraction of sp³-hybridized carbons (Fsp3) is 0.0400. The Labute approximate surface area is 199 Å². The molecule has 1 amide bonds. The van der Waals surface area contributed by atoms with Gasteiger partial charge in [-0.15, -0.1) is 0 Å². The van der Waals surface area contributed by atoms with Gasteiger partial charge in [0.1, 0.15) is 12.4 Å². The first-order valence-electron chi connectivity index (χ1n) is 9.83. The van der Waals surface area contributed by atoms with Gasteiger partial charge in [0.2, 0.25) is 0 Å². The predicted molar refractivity (Wildman–Crippen MR) is 131 cm³/mol. The van der Waals surface area contributed by atoms with E-state index in [9.17, 15) is 4.79 Å².